The fourth-order valence-electron chi connectivity index (χ4n) is 3.07. The van der Waals surface area contributed by atoms with Crippen molar-refractivity contribution in [2.24, 2.45) is 0 Å². The SMILES string of the molecule is CCCC(NC(=O)N1CCCC1CO)c1cccc(C(F)(F)F)c1. The van der Waals surface area contributed by atoms with Gasteiger partial charge in [-0.1, -0.05) is 25.5 Å². The lowest BCUT2D eigenvalue weighted by Crippen LogP contribution is -2.45. The monoisotopic (exact) mass is 344 g/mol. The van der Waals surface area contributed by atoms with E-state index in [0.29, 0.717) is 18.5 Å². The van der Waals surface area contributed by atoms with E-state index in [-0.39, 0.29) is 18.7 Å². The van der Waals surface area contributed by atoms with Crippen LogP contribution in [0.4, 0.5) is 18.0 Å². The summed E-state index contributed by atoms with van der Waals surface area (Å²) in [4.78, 5) is 14.0. The van der Waals surface area contributed by atoms with Gasteiger partial charge < -0.3 is 15.3 Å². The van der Waals surface area contributed by atoms with Crippen LogP contribution in [-0.4, -0.2) is 35.2 Å². The number of aliphatic hydroxyl groups is 1. The van der Waals surface area contributed by atoms with E-state index in [9.17, 15) is 23.1 Å². The summed E-state index contributed by atoms with van der Waals surface area (Å²) in [5, 5.41) is 12.1. The Morgan fingerprint density at radius 1 is 1.46 bits per heavy atom. The molecule has 0 bridgehead atoms. The Balaban J connectivity index is 2.16. The Morgan fingerprint density at radius 2 is 2.21 bits per heavy atom. The largest absolute Gasteiger partial charge is 0.416 e. The first-order valence-corrected chi connectivity index (χ1v) is 8.22. The standard InChI is InChI=1S/C17H23F3N2O2/c1-2-5-15(12-6-3-7-13(10-12)17(18,19)20)21-16(24)22-9-4-8-14(22)11-23/h3,6-7,10,14-15,23H,2,4-5,8-9,11H2,1H3,(H,21,24). The number of likely N-dealkylation sites (tertiary alicyclic amines) is 1. The van der Waals surface area contributed by atoms with Crippen molar-refractivity contribution < 1.29 is 23.1 Å². The van der Waals surface area contributed by atoms with Gasteiger partial charge in [-0.05, 0) is 37.0 Å². The quantitative estimate of drug-likeness (QED) is 0.855. The van der Waals surface area contributed by atoms with Crippen LogP contribution < -0.4 is 5.32 Å². The summed E-state index contributed by atoms with van der Waals surface area (Å²) in [5.74, 6) is 0. The second kappa shape index (κ2) is 7.88. The number of carbonyl (C=O) groups is 1. The maximum atomic E-state index is 12.9. The van der Waals surface area contributed by atoms with Crippen molar-refractivity contribution in [1.29, 1.82) is 0 Å². The second-order valence-electron chi connectivity index (χ2n) is 6.09. The van der Waals surface area contributed by atoms with Gasteiger partial charge in [0.1, 0.15) is 0 Å². The first kappa shape index (κ1) is 18.6. The van der Waals surface area contributed by atoms with Crippen LogP contribution in [-0.2, 0) is 6.18 Å². The van der Waals surface area contributed by atoms with Gasteiger partial charge in [0.05, 0.1) is 24.3 Å². The molecule has 2 atom stereocenters. The molecule has 0 spiro atoms. The van der Waals surface area contributed by atoms with Crippen molar-refractivity contribution in [1.82, 2.24) is 10.2 Å². The van der Waals surface area contributed by atoms with Crippen LogP contribution in [0.25, 0.3) is 0 Å². The Kier molecular flexibility index (Phi) is 6.10. The van der Waals surface area contributed by atoms with Gasteiger partial charge in [-0.3, -0.25) is 0 Å². The molecule has 24 heavy (non-hydrogen) atoms. The summed E-state index contributed by atoms with van der Waals surface area (Å²) >= 11 is 0. The smallest absolute Gasteiger partial charge is 0.394 e. The first-order chi connectivity index (χ1) is 11.4. The molecule has 0 aromatic heterocycles. The number of rotatable bonds is 5. The molecule has 2 amide bonds. The molecule has 1 aromatic carbocycles. The van der Waals surface area contributed by atoms with Gasteiger partial charge in [0.15, 0.2) is 0 Å². The molecule has 4 nitrogen and oxygen atoms in total. The molecule has 0 saturated carbocycles. The van der Waals surface area contributed by atoms with E-state index >= 15 is 0 Å². The fraction of sp³-hybridized carbons (Fsp3) is 0.588. The normalized spacial score (nSPS) is 19.4. The van der Waals surface area contributed by atoms with Gasteiger partial charge >= 0.3 is 12.2 Å². The van der Waals surface area contributed by atoms with Crippen LogP contribution in [0.3, 0.4) is 0 Å². The summed E-state index contributed by atoms with van der Waals surface area (Å²) < 4.78 is 38.7. The van der Waals surface area contributed by atoms with Crippen molar-refractivity contribution in [3.8, 4) is 0 Å². The Morgan fingerprint density at radius 3 is 2.83 bits per heavy atom. The van der Waals surface area contributed by atoms with Crippen molar-refractivity contribution in [3.63, 3.8) is 0 Å². The number of aliphatic hydroxyl groups excluding tert-OH is 1. The van der Waals surface area contributed by atoms with Crippen LogP contribution in [0.2, 0.25) is 0 Å². The molecule has 1 aliphatic rings. The lowest BCUT2D eigenvalue weighted by molar-refractivity contribution is -0.137. The van der Waals surface area contributed by atoms with Crippen molar-refractivity contribution in [3.05, 3.63) is 35.4 Å². The highest BCUT2D eigenvalue weighted by atomic mass is 19.4. The van der Waals surface area contributed by atoms with Gasteiger partial charge in [0, 0.05) is 6.54 Å². The molecule has 1 aromatic rings. The third-order valence-electron chi connectivity index (χ3n) is 4.34. The molecule has 2 unspecified atom stereocenters. The number of hydrogen-bond acceptors (Lipinski definition) is 2. The summed E-state index contributed by atoms with van der Waals surface area (Å²) in [6.45, 7) is 2.37. The van der Waals surface area contributed by atoms with Crippen LogP contribution in [0.15, 0.2) is 24.3 Å². The third kappa shape index (κ3) is 4.41. The number of nitrogens with zero attached hydrogens (tertiary/aromatic N) is 1. The van der Waals surface area contributed by atoms with Gasteiger partial charge in [-0.2, -0.15) is 13.2 Å². The molecular formula is C17H23F3N2O2. The molecule has 7 heteroatoms. The molecule has 1 heterocycles. The zero-order chi connectivity index (χ0) is 17.7. The summed E-state index contributed by atoms with van der Waals surface area (Å²) in [6.07, 6.45) is -1.57. The van der Waals surface area contributed by atoms with Crippen molar-refractivity contribution in [2.45, 2.75) is 50.9 Å². The Labute approximate surface area is 139 Å². The zero-order valence-electron chi connectivity index (χ0n) is 13.6. The van der Waals surface area contributed by atoms with E-state index in [0.717, 1.165) is 31.4 Å². The maximum Gasteiger partial charge on any atom is 0.416 e. The molecule has 1 fully saturated rings. The molecule has 0 aliphatic carbocycles. The molecular weight excluding hydrogens is 321 g/mol. The minimum atomic E-state index is -4.41. The third-order valence-corrected chi connectivity index (χ3v) is 4.34. The molecule has 2 N–H and O–H groups in total. The van der Waals surface area contributed by atoms with Crippen LogP contribution >= 0.6 is 0 Å². The molecule has 0 radical (unpaired) electrons. The predicted molar refractivity (Wildman–Crippen MR) is 84.4 cm³/mol. The highest BCUT2D eigenvalue weighted by molar-refractivity contribution is 5.75. The zero-order valence-corrected chi connectivity index (χ0v) is 13.6. The second-order valence-corrected chi connectivity index (χ2v) is 6.09. The average molecular weight is 344 g/mol. The van der Waals surface area contributed by atoms with Crippen LogP contribution in [0.1, 0.15) is 49.8 Å². The van der Waals surface area contributed by atoms with Gasteiger partial charge in [0.2, 0.25) is 0 Å². The molecule has 1 aliphatic heterocycles. The molecule has 134 valence electrons. The topological polar surface area (TPSA) is 52.6 Å². The molecule has 2 rings (SSSR count). The van der Waals surface area contributed by atoms with E-state index < -0.39 is 17.8 Å². The van der Waals surface area contributed by atoms with Crippen LogP contribution in [0, 0.1) is 0 Å². The number of hydrogen-bond donors (Lipinski definition) is 2. The van der Waals surface area contributed by atoms with E-state index in [2.05, 4.69) is 5.32 Å². The van der Waals surface area contributed by atoms with E-state index in [1.54, 1.807) is 11.0 Å². The highest BCUT2D eigenvalue weighted by Crippen LogP contribution is 2.31. The first-order valence-electron chi connectivity index (χ1n) is 8.22. The maximum absolute atomic E-state index is 12.9. The summed E-state index contributed by atoms with van der Waals surface area (Å²) in [5.41, 5.74) is -0.274. The summed E-state index contributed by atoms with van der Waals surface area (Å²) in [7, 11) is 0. The number of nitrogens with one attached hydrogen (secondary N) is 1. The number of carbonyl (C=O) groups excluding carboxylic acids is 1. The van der Waals surface area contributed by atoms with Crippen LogP contribution in [0.5, 0.6) is 0 Å². The average Bonchev–Trinajstić information content (AvgIpc) is 3.02. The Hall–Kier alpha value is -1.76. The highest BCUT2D eigenvalue weighted by Gasteiger charge is 2.32. The molecule has 1 saturated heterocycles. The fourth-order valence-corrected chi connectivity index (χ4v) is 3.07. The number of benzene rings is 1. The minimum absolute atomic E-state index is 0.102. The Bertz CT molecular complexity index is 563. The lowest BCUT2D eigenvalue weighted by atomic mass is 10.00. The van der Waals surface area contributed by atoms with Gasteiger partial charge in [0.25, 0.3) is 0 Å². The van der Waals surface area contributed by atoms with Crippen molar-refractivity contribution in [2.75, 3.05) is 13.2 Å². The minimum Gasteiger partial charge on any atom is -0.394 e. The van der Waals surface area contributed by atoms with Gasteiger partial charge in [-0.15, -0.1) is 0 Å². The number of halogens is 3. The van der Waals surface area contributed by atoms with Crippen molar-refractivity contribution >= 4 is 6.03 Å². The lowest BCUT2D eigenvalue weighted by Gasteiger charge is -2.27. The summed E-state index contributed by atoms with van der Waals surface area (Å²) in [6, 6.07) is 4.05. The predicted octanol–water partition coefficient (Wildman–Crippen LogP) is 3.71. The number of urea groups is 1. The van der Waals surface area contributed by atoms with Gasteiger partial charge in [-0.25, -0.2) is 4.79 Å². The van der Waals surface area contributed by atoms with E-state index in [1.807, 2.05) is 6.92 Å². The van der Waals surface area contributed by atoms with E-state index in [1.165, 1.54) is 6.07 Å². The van der Waals surface area contributed by atoms with E-state index in [4.69, 9.17) is 0 Å². The number of alkyl halides is 3. The number of amides is 2.